The van der Waals surface area contributed by atoms with Crippen molar-refractivity contribution in [2.75, 3.05) is 13.2 Å². The highest BCUT2D eigenvalue weighted by Crippen LogP contribution is 2.51. The topological polar surface area (TPSA) is 119 Å². The average Bonchev–Trinajstić information content (AvgIpc) is 3.38. The largest absolute Gasteiger partial charge is 0.484 e. The van der Waals surface area contributed by atoms with Crippen molar-refractivity contribution in [1.82, 2.24) is 14.7 Å². The first-order valence-corrected chi connectivity index (χ1v) is 14.5. The maximum atomic E-state index is 13.8. The molecule has 2 fully saturated rings. The Hall–Kier alpha value is -3.58. The lowest BCUT2D eigenvalue weighted by Gasteiger charge is -2.27. The maximum absolute atomic E-state index is 13.8. The number of rotatable bonds is 8. The van der Waals surface area contributed by atoms with Crippen LogP contribution in [0.1, 0.15) is 24.8 Å². The number of aromatic nitrogens is 2. The molecule has 218 valence electrons. The minimum Gasteiger partial charge on any atom is -0.484 e. The highest BCUT2D eigenvalue weighted by molar-refractivity contribution is 7.92. The van der Waals surface area contributed by atoms with Gasteiger partial charge in [0, 0.05) is 31.4 Å². The Morgan fingerprint density at radius 2 is 1.83 bits per heavy atom. The molecule has 1 amide bonds. The van der Waals surface area contributed by atoms with Gasteiger partial charge in [0.15, 0.2) is 16.4 Å². The number of aliphatic carboxylic acids is 1. The summed E-state index contributed by atoms with van der Waals surface area (Å²) >= 11 is 6.12. The molecule has 5 rings (SSSR count). The molecule has 0 radical (unpaired) electrons. The number of carbonyl (C=O) groups excluding carboxylic acids is 1. The summed E-state index contributed by atoms with van der Waals surface area (Å²) in [6, 6.07) is 9.00. The van der Waals surface area contributed by atoms with Gasteiger partial charge in [-0.1, -0.05) is 35.9 Å². The van der Waals surface area contributed by atoms with E-state index in [-0.39, 0.29) is 28.6 Å². The Labute approximate surface area is 238 Å². The van der Waals surface area contributed by atoms with Crippen molar-refractivity contribution in [1.29, 1.82) is 0 Å². The van der Waals surface area contributed by atoms with E-state index in [1.54, 1.807) is 17.9 Å². The SMILES string of the molecule is Cn1cc(-c2ccc(C3(C(=O)N4C[C@H](S(=O)(=O)c5ccc(OCC(F)(F)F)cc5Cl)C[C@H]4C(=O)O)CC3)cc2)cn1. The van der Waals surface area contributed by atoms with Crippen LogP contribution in [0.4, 0.5) is 13.2 Å². The fourth-order valence-corrected chi connectivity index (χ4v) is 7.44. The standard InChI is InChI=1S/C27H25ClF3N3O6S/c1-33-13-17(12-32-33)16-2-4-18(5-3-16)26(8-9-26)25(37)34-14-20(11-22(34)24(35)36)41(38,39)23-7-6-19(10-21(23)28)40-15-27(29,30)31/h2-7,10,12-13,20,22H,8-9,11,14-15H2,1H3,(H,35,36)/t20-,22+/m1/s1. The molecule has 14 heteroatoms. The normalized spacial score (nSPS) is 20.2. The molecule has 2 aromatic carbocycles. The van der Waals surface area contributed by atoms with Crippen molar-refractivity contribution in [2.24, 2.45) is 7.05 Å². The number of aryl methyl sites for hydroxylation is 1. The molecule has 2 aliphatic rings. The van der Waals surface area contributed by atoms with Crippen molar-refractivity contribution >= 4 is 33.3 Å². The summed E-state index contributed by atoms with van der Waals surface area (Å²) in [5.74, 6) is -2.07. The molecule has 41 heavy (non-hydrogen) atoms. The monoisotopic (exact) mass is 611 g/mol. The van der Waals surface area contributed by atoms with Crippen molar-refractivity contribution in [3.8, 4) is 16.9 Å². The van der Waals surface area contributed by atoms with Gasteiger partial charge in [-0.2, -0.15) is 18.3 Å². The van der Waals surface area contributed by atoms with Crippen LogP contribution in [0.15, 0.2) is 59.8 Å². The third kappa shape index (κ3) is 5.65. The number of carboxylic acid groups (broad SMARTS) is 1. The van der Waals surface area contributed by atoms with Gasteiger partial charge in [-0.25, -0.2) is 13.2 Å². The van der Waals surface area contributed by atoms with Gasteiger partial charge >= 0.3 is 12.1 Å². The number of alkyl halides is 3. The molecule has 0 bridgehead atoms. The van der Waals surface area contributed by atoms with E-state index in [1.165, 1.54) is 0 Å². The number of halogens is 4. The fourth-order valence-electron chi connectivity index (χ4n) is 5.21. The van der Waals surface area contributed by atoms with E-state index < -0.39 is 51.2 Å². The van der Waals surface area contributed by atoms with Gasteiger partial charge in [0.25, 0.3) is 0 Å². The zero-order valence-corrected chi connectivity index (χ0v) is 23.2. The highest BCUT2D eigenvalue weighted by atomic mass is 35.5. The van der Waals surface area contributed by atoms with Crippen molar-refractivity contribution in [3.05, 3.63) is 65.4 Å². The number of ether oxygens (including phenoxy) is 1. The minimum absolute atomic E-state index is 0.275. The van der Waals surface area contributed by atoms with Crippen molar-refractivity contribution in [2.45, 2.75) is 47.0 Å². The second-order valence-electron chi connectivity index (χ2n) is 10.3. The molecule has 1 N–H and O–H groups in total. The van der Waals surface area contributed by atoms with Crippen molar-refractivity contribution in [3.63, 3.8) is 0 Å². The van der Waals surface area contributed by atoms with Crippen LogP contribution in [0.5, 0.6) is 5.75 Å². The van der Waals surface area contributed by atoms with E-state index in [1.807, 2.05) is 30.5 Å². The predicted molar refractivity (Wildman–Crippen MR) is 141 cm³/mol. The molecule has 2 heterocycles. The Morgan fingerprint density at radius 1 is 1.15 bits per heavy atom. The Morgan fingerprint density at radius 3 is 2.37 bits per heavy atom. The summed E-state index contributed by atoms with van der Waals surface area (Å²) in [6.07, 6.45) is -0.409. The summed E-state index contributed by atoms with van der Waals surface area (Å²) in [7, 11) is -2.46. The lowest BCUT2D eigenvalue weighted by atomic mass is 9.92. The molecule has 0 unspecified atom stereocenters. The summed E-state index contributed by atoms with van der Waals surface area (Å²) < 4.78 is 70.7. The third-order valence-corrected chi connectivity index (χ3v) is 10.1. The van der Waals surface area contributed by atoms with Crippen LogP contribution >= 0.6 is 11.6 Å². The van der Waals surface area contributed by atoms with Gasteiger partial charge in [0.2, 0.25) is 5.91 Å². The van der Waals surface area contributed by atoms with E-state index in [0.29, 0.717) is 18.4 Å². The van der Waals surface area contributed by atoms with E-state index in [9.17, 15) is 36.3 Å². The lowest BCUT2D eigenvalue weighted by molar-refractivity contribution is -0.153. The van der Waals surface area contributed by atoms with Gasteiger partial charge in [-0.3, -0.25) is 9.48 Å². The third-order valence-electron chi connectivity index (χ3n) is 7.49. The molecular weight excluding hydrogens is 587 g/mol. The Bertz CT molecular complexity index is 1600. The summed E-state index contributed by atoms with van der Waals surface area (Å²) in [4.78, 5) is 26.7. The zero-order chi connectivity index (χ0) is 29.7. The van der Waals surface area contributed by atoms with E-state index in [2.05, 4.69) is 9.84 Å². The molecule has 1 aliphatic carbocycles. The zero-order valence-electron chi connectivity index (χ0n) is 21.6. The van der Waals surface area contributed by atoms with Gasteiger partial charge in [-0.05, 0) is 42.5 Å². The summed E-state index contributed by atoms with van der Waals surface area (Å²) in [6.45, 7) is -1.94. The number of benzene rings is 2. The van der Waals surface area contributed by atoms with Crippen LogP contribution < -0.4 is 4.74 Å². The second kappa shape index (κ2) is 10.4. The van der Waals surface area contributed by atoms with Gasteiger partial charge in [0.1, 0.15) is 11.8 Å². The minimum atomic E-state index is -4.59. The first kappa shape index (κ1) is 28.9. The summed E-state index contributed by atoms with van der Waals surface area (Å²) in [5, 5.41) is 12.4. The van der Waals surface area contributed by atoms with Crippen LogP contribution in [0.3, 0.4) is 0 Å². The van der Waals surface area contributed by atoms with Crippen LogP contribution in [0.2, 0.25) is 5.02 Å². The first-order valence-electron chi connectivity index (χ1n) is 12.6. The van der Waals surface area contributed by atoms with E-state index >= 15 is 0 Å². The molecule has 1 saturated carbocycles. The average molecular weight is 612 g/mol. The molecule has 0 spiro atoms. The molecule has 2 atom stereocenters. The molecule has 1 aliphatic heterocycles. The Balaban J connectivity index is 1.36. The fraction of sp³-hybridized carbons (Fsp3) is 0.370. The van der Waals surface area contributed by atoms with Gasteiger partial charge < -0.3 is 14.7 Å². The Kier molecular flexibility index (Phi) is 7.31. The van der Waals surface area contributed by atoms with Crippen LogP contribution in [0.25, 0.3) is 11.1 Å². The molecule has 9 nitrogen and oxygen atoms in total. The number of nitrogens with zero attached hydrogens (tertiary/aromatic N) is 3. The maximum Gasteiger partial charge on any atom is 0.422 e. The van der Waals surface area contributed by atoms with Crippen LogP contribution in [-0.4, -0.2) is 70.7 Å². The van der Waals surface area contributed by atoms with E-state index in [0.717, 1.165) is 34.2 Å². The number of carbonyl (C=O) groups is 2. The molecule has 1 saturated heterocycles. The number of hydrogen-bond donors (Lipinski definition) is 1. The number of amides is 1. The summed E-state index contributed by atoms with van der Waals surface area (Å²) in [5.41, 5.74) is 1.55. The van der Waals surface area contributed by atoms with Crippen molar-refractivity contribution < 1.29 is 41.0 Å². The van der Waals surface area contributed by atoms with Crippen LogP contribution in [-0.2, 0) is 31.9 Å². The first-order chi connectivity index (χ1) is 19.2. The quantitative estimate of drug-likeness (QED) is 0.405. The predicted octanol–water partition coefficient (Wildman–Crippen LogP) is 4.24. The van der Waals surface area contributed by atoms with Gasteiger partial charge in [0.05, 0.1) is 26.8 Å². The number of likely N-dealkylation sites (tertiary alicyclic amines) is 1. The molecular formula is C27H25ClF3N3O6S. The van der Waals surface area contributed by atoms with E-state index in [4.69, 9.17) is 11.6 Å². The molecule has 3 aromatic rings. The number of sulfone groups is 1. The van der Waals surface area contributed by atoms with Crippen LogP contribution in [0, 0.1) is 0 Å². The number of carboxylic acids is 1. The lowest BCUT2D eigenvalue weighted by Crippen LogP contribution is -2.46. The van der Waals surface area contributed by atoms with Gasteiger partial charge in [-0.15, -0.1) is 0 Å². The highest BCUT2D eigenvalue weighted by Gasteiger charge is 2.57. The molecule has 1 aromatic heterocycles. The second-order valence-corrected chi connectivity index (χ2v) is 12.9. The smallest absolute Gasteiger partial charge is 0.422 e. The number of hydrogen-bond acceptors (Lipinski definition) is 6.